The zero-order chi connectivity index (χ0) is 10.4. The van der Waals surface area contributed by atoms with E-state index < -0.39 is 0 Å². The third-order valence-corrected chi connectivity index (χ3v) is 2.73. The van der Waals surface area contributed by atoms with Crippen LogP contribution in [0.25, 0.3) is 0 Å². The van der Waals surface area contributed by atoms with Crippen LogP contribution in [0.15, 0.2) is 30.3 Å². The van der Waals surface area contributed by atoms with E-state index in [-0.39, 0.29) is 0 Å². The van der Waals surface area contributed by atoms with Crippen LogP contribution >= 0.6 is 0 Å². The average Bonchev–Trinajstić information content (AvgIpc) is 2.20. The van der Waals surface area contributed by atoms with Crippen molar-refractivity contribution in [2.24, 2.45) is 5.92 Å². The Morgan fingerprint density at radius 1 is 1.29 bits per heavy atom. The maximum atomic E-state index is 7.62. The van der Waals surface area contributed by atoms with Crippen molar-refractivity contribution in [3.63, 3.8) is 0 Å². The third kappa shape index (κ3) is 3.33. The van der Waals surface area contributed by atoms with Crippen molar-refractivity contribution in [1.82, 2.24) is 0 Å². The largest absolute Gasteiger partial charge is 0.310 e. The van der Waals surface area contributed by atoms with Gasteiger partial charge in [-0.05, 0) is 37.7 Å². The number of aryl methyl sites for hydroxylation is 1. The predicted molar refractivity (Wildman–Crippen MR) is 61.9 cm³/mol. The lowest BCUT2D eigenvalue weighted by Crippen LogP contribution is -2.09. The van der Waals surface area contributed by atoms with Crippen molar-refractivity contribution in [2.75, 3.05) is 0 Å². The second-order valence-electron chi connectivity index (χ2n) is 3.81. The van der Waals surface area contributed by atoms with Gasteiger partial charge in [0.05, 0.1) is 0 Å². The fourth-order valence-corrected chi connectivity index (χ4v) is 1.71. The van der Waals surface area contributed by atoms with Crippen molar-refractivity contribution < 1.29 is 0 Å². The lowest BCUT2D eigenvalue weighted by molar-refractivity contribution is 0.600. The summed E-state index contributed by atoms with van der Waals surface area (Å²) in [7, 11) is 0. The Hall–Kier alpha value is -1.11. The highest BCUT2D eigenvalue weighted by molar-refractivity contribution is 5.81. The zero-order valence-electron chi connectivity index (χ0n) is 9.09. The molecule has 76 valence electrons. The highest BCUT2D eigenvalue weighted by Crippen LogP contribution is 2.13. The molecule has 14 heavy (non-hydrogen) atoms. The molecule has 1 atom stereocenters. The summed E-state index contributed by atoms with van der Waals surface area (Å²) in [5, 5.41) is 7.62. The van der Waals surface area contributed by atoms with E-state index in [0.29, 0.717) is 5.92 Å². The summed E-state index contributed by atoms with van der Waals surface area (Å²) >= 11 is 0. The van der Waals surface area contributed by atoms with Crippen LogP contribution in [-0.4, -0.2) is 5.71 Å². The lowest BCUT2D eigenvalue weighted by atomic mass is 9.93. The number of hydrogen-bond acceptors (Lipinski definition) is 1. The summed E-state index contributed by atoms with van der Waals surface area (Å²) in [5.74, 6) is 0.468. The second kappa shape index (κ2) is 5.58. The molecule has 1 aromatic rings. The first-order valence-corrected chi connectivity index (χ1v) is 5.33. The Balaban J connectivity index is 2.44. The van der Waals surface area contributed by atoms with Crippen LogP contribution in [-0.2, 0) is 6.42 Å². The van der Waals surface area contributed by atoms with E-state index >= 15 is 0 Å². The van der Waals surface area contributed by atoms with E-state index in [9.17, 15) is 0 Å². The average molecular weight is 189 g/mol. The van der Waals surface area contributed by atoms with Gasteiger partial charge in [-0.1, -0.05) is 37.3 Å². The molecular weight excluding hydrogens is 170 g/mol. The van der Waals surface area contributed by atoms with Crippen molar-refractivity contribution in [1.29, 1.82) is 5.41 Å². The number of benzene rings is 1. The van der Waals surface area contributed by atoms with Gasteiger partial charge in [0.1, 0.15) is 0 Å². The van der Waals surface area contributed by atoms with Gasteiger partial charge in [0.2, 0.25) is 0 Å². The van der Waals surface area contributed by atoms with E-state index in [1.165, 1.54) is 5.56 Å². The fourth-order valence-electron chi connectivity index (χ4n) is 1.71. The molecule has 0 aliphatic heterocycles. The summed E-state index contributed by atoms with van der Waals surface area (Å²) in [6.45, 7) is 4.08. The topological polar surface area (TPSA) is 23.9 Å². The van der Waals surface area contributed by atoms with E-state index in [1.54, 1.807) is 0 Å². The summed E-state index contributed by atoms with van der Waals surface area (Å²) in [4.78, 5) is 0. The van der Waals surface area contributed by atoms with Crippen LogP contribution in [0.4, 0.5) is 0 Å². The van der Waals surface area contributed by atoms with Crippen molar-refractivity contribution in [3.05, 3.63) is 35.9 Å². The highest BCUT2D eigenvalue weighted by Gasteiger charge is 2.07. The van der Waals surface area contributed by atoms with Gasteiger partial charge in [-0.3, -0.25) is 0 Å². The fraction of sp³-hybridized carbons (Fsp3) is 0.462. The SMILES string of the molecule is CCC(CCc1ccccc1)C(C)=N. The first kappa shape index (κ1) is 11.0. The monoisotopic (exact) mass is 189 g/mol. The molecule has 0 aliphatic carbocycles. The molecule has 0 aromatic heterocycles. The molecule has 0 amide bonds. The van der Waals surface area contributed by atoms with Gasteiger partial charge in [0.15, 0.2) is 0 Å². The van der Waals surface area contributed by atoms with Crippen LogP contribution in [0, 0.1) is 11.3 Å². The standard InChI is InChI=1S/C13H19N/c1-3-13(11(2)14)10-9-12-7-5-4-6-8-12/h4-8,13-14H,3,9-10H2,1-2H3. The zero-order valence-corrected chi connectivity index (χ0v) is 9.09. The van der Waals surface area contributed by atoms with Crippen molar-refractivity contribution in [3.8, 4) is 0 Å². The number of hydrogen-bond donors (Lipinski definition) is 1. The van der Waals surface area contributed by atoms with E-state index in [0.717, 1.165) is 25.0 Å². The van der Waals surface area contributed by atoms with Gasteiger partial charge in [0.25, 0.3) is 0 Å². The van der Waals surface area contributed by atoms with Crippen LogP contribution in [0.5, 0.6) is 0 Å². The summed E-state index contributed by atoms with van der Waals surface area (Å²) in [6.07, 6.45) is 3.29. The number of rotatable bonds is 5. The normalized spacial score (nSPS) is 12.4. The Morgan fingerprint density at radius 2 is 1.93 bits per heavy atom. The van der Waals surface area contributed by atoms with Gasteiger partial charge in [-0.25, -0.2) is 0 Å². The molecule has 1 rings (SSSR count). The molecule has 0 heterocycles. The molecule has 0 spiro atoms. The van der Waals surface area contributed by atoms with Crippen molar-refractivity contribution >= 4 is 5.71 Å². The van der Waals surface area contributed by atoms with Gasteiger partial charge < -0.3 is 5.41 Å². The molecule has 1 heteroatoms. The van der Waals surface area contributed by atoms with Gasteiger partial charge in [0, 0.05) is 5.71 Å². The van der Waals surface area contributed by atoms with Crippen LogP contribution in [0.2, 0.25) is 0 Å². The quantitative estimate of drug-likeness (QED) is 0.683. The Morgan fingerprint density at radius 3 is 2.43 bits per heavy atom. The van der Waals surface area contributed by atoms with Gasteiger partial charge in [-0.2, -0.15) is 0 Å². The van der Waals surface area contributed by atoms with Gasteiger partial charge in [-0.15, -0.1) is 0 Å². The highest BCUT2D eigenvalue weighted by atomic mass is 14.4. The molecule has 0 fully saturated rings. The molecular formula is C13H19N. The Labute approximate surface area is 86.7 Å². The molecule has 1 nitrogen and oxygen atoms in total. The van der Waals surface area contributed by atoms with Gasteiger partial charge >= 0.3 is 0 Å². The minimum Gasteiger partial charge on any atom is -0.310 e. The van der Waals surface area contributed by atoms with Crippen LogP contribution in [0.1, 0.15) is 32.3 Å². The molecule has 1 aromatic carbocycles. The molecule has 1 unspecified atom stereocenters. The maximum Gasteiger partial charge on any atom is 0.00891 e. The molecule has 0 radical (unpaired) electrons. The maximum absolute atomic E-state index is 7.62. The van der Waals surface area contributed by atoms with Crippen LogP contribution < -0.4 is 0 Å². The minimum absolute atomic E-state index is 0.468. The summed E-state index contributed by atoms with van der Waals surface area (Å²) in [5.41, 5.74) is 2.20. The summed E-state index contributed by atoms with van der Waals surface area (Å²) in [6, 6.07) is 10.5. The predicted octanol–water partition coefficient (Wildman–Crippen LogP) is 3.69. The van der Waals surface area contributed by atoms with Crippen LogP contribution in [0.3, 0.4) is 0 Å². The molecule has 0 saturated carbocycles. The summed E-state index contributed by atoms with van der Waals surface area (Å²) < 4.78 is 0. The Kier molecular flexibility index (Phi) is 4.37. The molecule has 0 saturated heterocycles. The van der Waals surface area contributed by atoms with Crippen molar-refractivity contribution in [2.45, 2.75) is 33.1 Å². The first-order chi connectivity index (χ1) is 6.74. The smallest absolute Gasteiger partial charge is 0.00891 e. The minimum atomic E-state index is 0.468. The first-order valence-electron chi connectivity index (χ1n) is 5.33. The molecule has 0 aliphatic rings. The second-order valence-corrected chi connectivity index (χ2v) is 3.81. The molecule has 0 bridgehead atoms. The Bertz CT molecular complexity index is 277. The molecule has 1 N–H and O–H groups in total. The van der Waals surface area contributed by atoms with E-state index in [4.69, 9.17) is 5.41 Å². The van der Waals surface area contributed by atoms with E-state index in [2.05, 4.69) is 31.2 Å². The lowest BCUT2D eigenvalue weighted by Gasteiger charge is -2.12. The number of nitrogens with one attached hydrogen (secondary N) is 1. The van der Waals surface area contributed by atoms with E-state index in [1.807, 2.05) is 13.0 Å². The third-order valence-electron chi connectivity index (χ3n) is 2.73.